The van der Waals surface area contributed by atoms with Crippen LogP contribution in [0, 0.1) is 19.8 Å². The van der Waals surface area contributed by atoms with E-state index in [0.29, 0.717) is 36.0 Å². The Morgan fingerprint density at radius 3 is 2.74 bits per heavy atom. The maximum Gasteiger partial charge on any atom is 0.244 e. The van der Waals surface area contributed by atoms with Crippen LogP contribution in [0.25, 0.3) is 0 Å². The summed E-state index contributed by atoms with van der Waals surface area (Å²) in [6, 6.07) is 2.84. The van der Waals surface area contributed by atoms with E-state index in [2.05, 4.69) is 30.7 Å². The Morgan fingerprint density at radius 2 is 2.00 bits per heavy atom. The molecule has 3 rings (SSSR count). The van der Waals surface area contributed by atoms with Gasteiger partial charge in [0, 0.05) is 26.2 Å². The molecule has 34 heavy (non-hydrogen) atoms. The Hall–Kier alpha value is -4.09. The lowest BCUT2D eigenvalue weighted by Crippen LogP contribution is -2.33. The zero-order chi connectivity index (χ0) is 24.5. The summed E-state index contributed by atoms with van der Waals surface area (Å²) in [7, 11) is 1.67. The fraction of sp³-hybridized carbons (Fsp3) is 0.364. The highest BCUT2D eigenvalue weighted by Crippen LogP contribution is 2.12. The van der Waals surface area contributed by atoms with Crippen LogP contribution in [-0.4, -0.2) is 68.2 Å². The number of carbonyl (C=O) groups excluding carboxylic acids is 2. The summed E-state index contributed by atoms with van der Waals surface area (Å²) in [4.78, 5) is 38.0. The second-order valence-electron chi connectivity index (χ2n) is 7.58. The third-order valence-corrected chi connectivity index (χ3v) is 4.79. The lowest BCUT2D eigenvalue weighted by atomic mass is 10.3. The quantitative estimate of drug-likeness (QED) is 0.406. The zero-order valence-electron chi connectivity index (χ0n) is 19.3. The number of pyridine rings is 1. The number of aromatic nitrogens is 5. The van der Waals surface area contributed by atoms with Crippen LogP contribution in [0.3, 0.4) is 0 Å². The molecule has 0 aliphatic rings. The van der Waals surface area contributed by atoms with Gasteiger partial charge in [-0.25, -0.2) is 9.97 Å². The van der Waals surface area contributed by atoms with Crippen molar-refractivity contribution in [2.45, 2.75) is 26.8 Å². The molecule has 0 aromatic carbocycles. The summed E-state index contributed by atoms with van der Waals surface area (Å²) in [5.41, 5.74) is 2.47. The molecule has 3 heterocycles. The summed E-state index contributed by atoms with van der Waals surface area (Å²) in [6.07, 6.45) is 6.40. The highest BCUT2D eigenvalue weighted by molar-refractivity contribution is 5.90. The number of ether oxygens (including phenoxy) is 1. The lowest BCUT2D eigenvalue weighted by Gasteiger charge is -2.17. The van der Waals surface area contributed by atoms with Gasteiger partial charge in [-0.3, -0.25) is 19.3 Å². The number of nitrogens with zero attached hydrogens (tertiary/aromatic N) is 6. The van der Waals surface area contributed by atoms with Crippen molar-refractivity contribution in [3.63, 3.8) is 0 Å². The van der Waals surface area contributed by atoms with Crippen molar-refractivity contribution in [3.05, 3.63) is 54.3 Å². The molecule has 0 bridgehead atoms. The van der Waals surface area contributed by atoms with Gasteiger partial charge < -0.3 is 20.3 Å². The van der Waals surface area contributed by atoms with Gasteiger partial charge in [-0.1, -0.05) is 0 Å². The first-order valence-corrected chi connectivity index (χ1v) is 10.6. The third kappa shape index (κ3) is 7.50. The Labute approximate surface area is 196 Å². The number of amides is 2. The van der Waals surface area contributed by atoms with Gasteiger partial charge in [0.15, 0.2) is 0 Å². The van der Waals surface area contributed by atoms with Gasteiger partial charge in [0.1, 0.15) is 13.2 Å². The van der Waals surface area contributed by atoms with Crippen molar-refractivity contribution in [2.24, 2.45) is 0 Å². The van der Waals surface area contributed by atoms with Crippen molar-refractivity contribution < 1.29 is 18.7 Å². The summed E-state index contributed by atoms with van der Waals surface area (Å²) in [5, 5.41) is 9.91. The monoisotopic (exact) mass is 470 g/mol. The minimum atomic E-state index is -0.548. The molecule has 0 aliphatic carbocycles. The number of hydrogen-bond donors (Lipinski definition) is 2. The van der Waals surface area contributed by atoms with E-state index in [9.17, 15) is 14.0 Å². The summed E-state index contributed by atoms with van der Waals surface area (Å²) in [6.45, 7) is 4.55. The van der Waals surface area contributed by atoms with Crippen LogP contribution in [0.4, 0.5) is 15.8 Å². The van der Waals surface area contributed by atoms with Crippen LogP contribution in [0.2, 0.25) is 0 Å². The molecule has 0 unspecified atom stereocenters. The van der Waals surface area contributed by atoms with E-state index in [1.54, 1.807) is 32.4 Å². The number of rotatable bonds is 11. The second kappa shape index (κ2) is 11.7. The van der Waals surface area contributed by atoms with E-state index < -0.39 is 5.95 Å². The molecule has 180 valence electrons. The van der Waals surface area contributed by atoms with E-state index in [0.717, 1.165) is 5.69 Å². The molecule has 2 N–H and O–H groups in total. The van der Waals surface area contributed by atoms with Gasteiger partial charge in [-0.2, -0.15) is 9.49 Å². The summed E-state index contributed by atoms with van der Waals surface area (Å²) in [5.74, 6) is -0.530. The lowest BCUT2D eigenvalue weighted by molar-refractivity contribution is -0.131. The zero-order valence-corrected chi connectivity index (χ0v) is 19.3. The van der Waals surface area contributed by atoms with Crippen LogP contribution >= 0.6 is 0 Å². The highest BCUT2D eigenvalue weighted by Gasteiger charge is 2.12. The average Bonchev–Trinajstić information content (AvgIpc) is 3.23. The van der Waals surface area contributed by atoms with E-state index in [-0.39, 0.29) is 31.4 Å². The third-order valence-electron chi connectivity index (χ3n) is 4.79. The van der Waals surface area contributed by atoms with Crippen LogP contribution in [0.15, 0.2) is 36.9 Å². The normalized spacial score (nSPS) is 10.6. The van der Waals surface area contributed by atoms with Gasteiger partial charge in [0.05, 0.1) is 47.9 Å². The highest BCUT2D eigenvalue weighted by atomic mass is 19.1. The first kappa shape index (κ1) is 24.6. The standard InChI is InChI=1S/C22H27FN8O3/c1-15-10-26-21(12-25-15)34-9-8-30(3)22(33)14-31-13-17(11-27-31)29-20(32)6-7-24-18-4-5-19(23)28-16(18)2/h4-5,10-13,24H,6-9,14H2,1-3H3,(H,29,32). The number of aryl methyl sites for hydroxylation is 2. The van der Waals surface area contributed by atoms with Crippen molar-refractivity contribution in [1.82, 2.24) is 29.6 Å². The average molecular weight is 471 g/mol. The SMILES string of the molecule is Cc1cnc(OCCN(C)C(=O)Cn2cc(NC(=O)CCNc3ccc(F)nc3C)cn2)cn1. The molecule has 0 saturated carbocycles. The topological polar surface area (TPSA) is 127 Å². The molecule has 11 nitrogen and oxygen atoms in total. The number of anilines is 2. The predicted octanol–water partition coefficient (Wildman–Crippen LogP) is 1.80. The Morgan fingerprint density at radius 1 is 1.18 bits per heavy atom. The minimum Gasteiger partial charge on any atom is -0.475 e. The van der Waals surface area contributed by atoms with Crippen LogP contribution in [0.1, 0.15) is 17.8 Å². The van der Waals surface area contributed by atoms with Crippen molar-refractivity contribution in [1.29, 1.82) is 0 Å². The molecule has 0 spiro atoms. The first-order chi connectivity index (χ1) is 16.3. The number of nitrogens with one attached hydrogen (secondary N) is 2. The molecular formula is C22H27FN8O3. The molecule has 0 fully saturated rings. The molecule has 3 aromatic rings. The van der Waals surface area contributed by atoms with Gasteiger partial charge in [-0.05, 0) is 26.0 Å². The van der Waals surface area contributed by atoms with Crippen molar-refractivity contribution in [2.75, 3.05) is 37.4 Å². The first-order valence-electron chi connectivity index (χ1n) is 10.6. The number of halogens is 1. The van der Waals surface area contributed by atoms with E-state index in [1.807, 2.05) is 6.92 Å². The second-order valence-corrected chi connectivity index (χ2v) is 7.58. The smallest absolute Gasteiger partial charge is 0.244 e. The Kier molecular flexibility index (Phi) is 8.43. The fourth-order valence-electron chi connectivity index (χ4n) is 2.89. The van der Waals surface area contributed by atoms with Gasteiger partial charge in [0.2, 0.25) is 23.6 Å². The molecule has 0 saturated heterocycles. The predicted molar refractivity (Wildman–Crippen MR) is 123 cm³/mol. The fourth-order valence-corrected chi connectivity index (χ4v) is 2.89. The molecule has 12 heteroatoms. The molecule has 0 radical (unpaired) electrons. The number of likely N-dealkylation sites (N-methyl/N-ethyl adjacent to an activating group) is 1. The van der Waals surface area contributed by atoms with Crippen LogP contribution in [-0.2, 0) is 16.1 Å². The molecule has 2 amide bonds. The van der Waals surface area contributed by atoms with Gasteiger partial charge in [-0.15, -0.1) is 0 Å². The van der Waals surface area contributed by atoms with E-state index in [1.165, 1.54) is 28.0 Å². The minimum absolute atomic E-state index is 0.0229. The molecule has 0 aliphatic heterocycles. The van der Waals surface area contributed by atoms with Crippen molar-refractivity contribution >= 4 is 23.2 Å². The number of hydrogen-bond acceptors (Lipinski definition) is 8. The number of carbonyl (C=O) groups is 2. The van der Waals surface area contributed by atoms with Crippen LogP contribution < -0.4 is 15.4 Å². The summed E-state index contributed by atoms with van der Waals surface area (Å²) >= 11 is 0. The summed E-state index contributed by atoms with van der Waals surface area (Å²) < 4.78 is 20.0. The van der Waals surface area contributed by atoms with Crippen molar-refractivity contribution in [3.8, 4) is 5.88 Å². The maximum atomic E-state index is 13.1. The molecular weight excluding hydrogens is 443 g/mol. The largest absolute Gasteiger partial charge is 0.475 e. The van der Waals surface area contributed by atoms with Gasteiger partial charge in [0.25, 0.3) is 0 Å². The van der Waals surface area contributed by atoms with E-state index in [4.69, 9.17) is 4.74 Å². The van der Waals surface area contributed by atoms with Gasteiger partial charge >= 0.3 is 0 Å². The Bertz CT molecular complexity index is 1120. The Balaban J connectivity index is 1.37. The van der Waals surface area contributed by atoms with E-state index >= 15 is 0 Å². The molecule has 3 aromatic heterocycles. The maximum absolute atomic E-state index is 13.1. The molecule has 0 atom stereocenters. The van der Waals surface area contributed by atoms with Crippen LogP contribution in [0.5, 0.6) is 5.88 Å².